The second kappa shape index (κ2) is 9.19. The number of nitrogens with zero attached hydrogens (tertiary/aromatic N) is 2. The number of ether oxygens (including phenoxy) is 1. The number of methoxy groups -OCH3 is 1. The van der Waals surface area contributed by atoms with Gasteiger partial charge in [-0.3, -0.25) is 4.79 Å². The third-order valence-electron chi connectivity index (χ3n) is 9.42. The topological polar surface area (TPSA) is 34.2 Å². The van der Waals surface area contributed by atoms with Gasteiger partial charge in [-0.2, -0.15) is 4.58 Å². The number of allylic oxidation sites excluding steroid dienone is 3. The summed E-state index contributed by atoms with van der Waals surface area (Å²) in [5, 5.41) is 1.07. The highest BCUT2D eigenvalue weighted by atomic mass is 16.5. The SMILES string of the molecule is COC1=C(c2c(-c3ccccc3)n(C)c3ccccc23)C(=O)/C1=C\C1=[N+](C)c2ccc(C)cc2C12CCCCC2. The molecule has 0 unspecified atom stereocenters. The van der Waals surface area contributed by atoms with E-state index in [0.717, 1.165) is 40.6 Å². The first kappa shape index (κ1) is 24.8. The van der Waals surface area contributed by atoms with Gasteiger partial charge in [-0.25, -0.2) is 0 Å². The van der Waals surface area contributed by atoms with Crippen molar-refractivity contribution in [2.75, 3.05) is 14.2 Å². The lowest BCUT2D eigenvalue weighted by molar-refractivity contribution is -0.401. The Balaban J connectivity index is 1.43. The van der Waals surface area contributed by atoms with Gasteiger partial charge in [-0.15, -0.1) is 0 Å². The fourth-order valence-electron chi connectivity index (χ4n) is 7.53. The molecule has 40 heavy (non-hydrogen) atoms. The Morgan fingerprint density at radius 2 is 1.68 bits per heavy atom. The Bertz CT molecular complexity index is 1790. The van der Waals surface area contributed by atoms with Crippen LogP contribution in [0.2, 0.25) is 0 Å². The molecular weight excluding hydrogens is 492 g/mol. The van der Waals surface area contributed by atoms with Crippen molar-refractivity contribution < 1.29 is 14.1 Å². The van der Waals surface area contributed by atoms with E-state index >= 15 is 0 Å². The molecule has 1 aromatic heterocycles. The molecule has 2 heterocycles. The molecule has 4 aromatic rings. The maximum Gasteiger partial charge on any atom is 0.209 e. The number of fused-ring (bicyclic) bond motifs is 3. The third kappa shape index (κ3) is 3.38. The lowest BCUT2D eigenvalue weighted by atomic mass is 9.66. The highest BCUT2D eigenvalue weighted by Gasteiger charge is 2.52. The lowest BCUT2D eigenvalue weighted by Crippen LogP contribution is -2.37. The number of rotatable bonds is 4. The van der Waals surface area contributed by atoms with E-state index in [-0.39, 0.29) is 11.2 Å². The van der Waals surface area contributed by atoms with E-state index in [1.165, 1.54) is 41.8 Å². The fourth-order valence-corrected chi connectivity index (χ4v) is 7.53. The van der Waals surface area contributed by atoms with E-state index in [4.69, 9.17) is 4.74 Å². The van der Waals surface area contributed by atoms with E-state index in [0.29, 0.717) is 16.9 Å². The van der Waals surface area contributed by atoms with Gasteiger partial charge in [0.05, 0.1) is 29.4 Å². The molecule has 3 aromatic carbocycles. The number of aryl methyl sites for hydroxylation is 2. The van der Waals surface area contributed by atoms with Crippen LogP contribution in [0.25, 0.3) is 27.7 Å². The minimum absolute atomic E-state index is 0.0507. The van der Waals surface area contributed by atoms with Crippen molar-refractivity contribution in [3.05, 3.63) is 107 Å². The number of para-hydroxylation sites is 1. The molecule has 0 radical (unpaired) electrons. The molecule has 2 aliphatic carbocycles. The van der Waals surface area contributed by atoms with Crippen LogP contribution >= 0.6 is 0 Å². The van der Waals surface area contributed by atoms with E-state index in [1.807, 2.05) is 24.3 Å². The van der Waals surface area contributed by atoms with Crippen LogP contribution in [0.5, 0.6) is 0 Å². The first-order valence-corrected chi connectivity index (χ1v) is 14.4. The third-order valence-corrected chi connectivity index (χ3v) is 9.42. The molecule has 200 valence electrons. The minimum Gasteiger partial charge on any atom is -0.495 e. The van der Waals surface area contributed by atoms with Crippen LogP contribution in [-0.4, -0.2) is 34.8 Å². The van der Waals surface area contributed by atoms with Crippen LogP contribution in [0, 0.1) is 6.92 Å². The molecule has 1 fully saturated rings. The fraction of sp³-hybridized carbons (Fsp3) is 0.278. The first-order valence-electron chi connectivity index (χ1n) is 14.4. The number of aromatic nitrogens is 1. The molecule has 0 N–H and O–H groups in total. The normalized spacial score (nSPS) is 19.1. The minimum atomic E-state index is -0.0507. The number of benzene rings is 3. The monoisotopic (exact) mass is 527 g/mol. The standard InChI is InChI=1S/C36H35N2O2/c1-23-17-18-29-27(21-23)36(19-11-6-12-20-36)30(37(29)2)22-26-34(39)32(35(26)40-4)31-25-15-9-10-16-28(25)38(3)33(31)24-13-7-5-8-14-24/h5,7-10,13-18,21-22H,6,11-12,19-20H2,1-4H3/q+1. The van der Waals surface area contributed by atoms with Crippen LogP contribution in [0.15, 0.2) is 90.2 Å². The number of hydrogen-bond donors (Lipinski definition) is 0. The van der Waals surface area contributed by atoms with Crippen molar-refractivity contribution >= 4 is 33.7 Å². The highest BCUT2D eigenvalue weighted by Crippen LogP contribution is 2.51. The highest BCUT2D eigenvalue weighted by molar-refractivity contribution is 6.42. The Labute approximate surface area is 235 Å². The zero-order valence-electron chi connectivity index (χ0n) is 23.8. The van der Waals surface area contributed by atoms with Crippen molar-refractivity contribution in [2.45, 2.75) is 44.4 Å². The Morgan fingerprint density at radius 1 is 0.950 bits per heavy atom. The summed E-state index contributed by atoms with van der Waals surface area (Å²) in [6.07, 6.45) is 8.06. The molecule has 1 spiro atoms. The van der Waals surface area contributed by atoms with Gasteiger partial charge in [-0.05, 0) is 37.5 Å². The van der Waals surface area contributed by atoms with Gasteiger partial charge in [-0.1, -0.05) is 79.4 Å². The average Bonchev–Trinajstić information content (AvgIpc) is 3.38. The summed E-state index contributed by atoms with van der Waals surface area (Å²) in [4.78, 5) is 14.2. The smallest absolute Gasteiger partial charge is 0.209 e. The van der Waals surface area contributed by atoms with Crippen molar-refractivity contribution in [1.82, 2.24) is 4.57 Å². The summed E-state index contributed by atoms with van der Waals surface area (Å²) in [5.74, 6) is 0.752. The number of carbonyl (C=O) groups is 1. The molecule has 3 aliphatic rings. The summed E-state index contributed by atoms with van der Waals surface area (Å²) in [6.45, 7) is 2.18. The maximum atomic E-state index is 14.2. The van der Waals surface area contributed by atoms with Gasteiger partial charge in [0.15, 0.2) is 5.71 Å². The van der Waals surface area contributed by atoms with E-state index < -0.39 is 0 Å². The second-order valence-corrected chi connectivity index (χ2v) is 11.6. The quantitative estimate of drug-likeness (QED) is 0.202. The summed E-state index contributed by atoms with van der Waals surface area (Å²) in [7, 11) is 5.93. The lowest BCUT2D eigenvalue weighted by Gasteiger charge is -2.32. The van der Waals surface area contributed by atoms with Gasteiger partial charge < -0.3 is 9.30 Å². The van der Waals surface area contributed by atoms with Crippen LogP contribution in [-0.2, 0) is 22.0 Å². The van der Waals surface area contributed by atoms with Gasteiger partial charge in [0.25, 0.3) is 0 Å². The maximum absolute atomic E-state index is 14.2. The predicted octanol–water partition coefficient (Wildman–Crippen LogP) is 7.65. The number of carbonyl (C=O) groups excluding carboxylic acids is 1. The van der Waals surface area contributed by atoms with E-state index in [9.17, 15) is 4.79 Å². The molecule has 4 heteroatoms. The largest absolute Gasteiger partial charge is 0.495 e. The van der Waals surface area contributed by atoms with Crippen molar-refractivity contribution in [3.8, 4) is 11.3 Å². The Kier molecular flexibility index (Phi) is 5.71. The molecule has 0 bridgehead atoms. The van der Waals surface area contributed by atoms with Crippen LogP contribution in [0.1, 0.15) is 48.8 Å². The van der Waals surface area contributed by atoms with Crippen molar-refractivity contribution in [2.24, 2.45) is 7.05 Å². The molecular formula is C36H35N2O2+. The molecule has 0 atom stereocenters. The van der Waals surface area contributed by atoms with Gasteiger partial charge >= 0.3 is 0 Å². The molecule has 0 amide bonds. The zero-order valence-corrected chi connectivity index (χ0v) is 23.8. The van der Waals surface area contributed by atoms with Crippen LogP contribution < -0.4 is 0 Å². The summed E-state index contributed by atoms with van der Waals surface area (Å²) < 4.78 is 10.6. The van der Waals surface area contributed by atoms with Gasteiger partial charge in [0.2, 0.25) is 11.5 Å². The first-order chi connectivity index (χ1) is 19.5. The molecule has 1 aliphatic heterocycles. The van der Waals surface area contributed by atoms with Crippen LogP contribution in [0.3, 0.4) is 0 Å². The number of Topliss-reactive ketones (excluding diaryl/α,β-unsaturated/α-hetero) is 1. The Morgan fingerprint density at radius 3 is 2.42 bits per heavy atom. The van der Waals surface area contributed by atoms with Gasteiger partial charge in [0.1, 0.15) is 12.8 Å². The van der Waals surface area contributed by atoms with Crippen LogP contribution in [0.4, 0.5) is 5.69 Å². The Hall–Kier alpha value is -4.18. The molecule has 4 nitrogen and oxygen atoms in total. The average molecular weight is 528 g/mol. The summed E-state index contributed by atoms with van der Waals surface area (Å²) >= 11 is 0. The van der Waals surface area contributed by atoms with E-state index in [2.05, 4.69) is 84.8 Å². The second-order valence-electron chi connectivity index (χ2n) is 11.6. The number of ketones is 1. The summed E-state index contributed by atoms with van der Waals surface area (Å²) in [5.41, 5.74) is 10.7. The number of hydrogen-bond acceptors (Lipinski definition) is 2. The van der Waals surface area contributed by atoms with Gasteiger partial charge in [0, 0.05) is 41.2 Å². The van der Waals surface area contributed by atoms with E-state index in [1.54, 1.807) is 7.11 Å². The molecule has 1 saturated carbocycles. The van der Waals surface area contributed by atoms with Crippen molar-refractivity contribution in [1.29, 1.82) is 0 Å². The molecule has 0 saturated heterocycles. The zero-order chi connectivity index (χ0) is 27.6. The predicted molar refractivity (Wildman–Crippen MR) is 162 cm³/mol. The van der Waals surface area contributed by atoms with Crippen molar-refractivity contribution in [3.63, 3.8) is 0 Å². The molecule has 7 rings (SSSR count). The summed E-state index contributed by atoms with van der Waals surface area (Å²) in [6, 6.07) is 25.5.